The van der Waals surface area contributed by atoms with Crippen LogP contribution in [0.25, 0.3) is 0 Å². The predicted octanol–water partition coefficient (Wildman–Crippen LogP) is 4.70. The van der Waals surface area contributed by atoms with Gasteiger partial charge >= 0.3 is 0 Å². The second kappa shape index (κ2) is 9.65. The first kappa shape index (κ1) is 23.3. The van der Waals surface area contributed by atoms with Crippen LogP contribution < -0.4 is 4.72 Å². The molecule has 0 aromatic heterocycles. The van der Waals surface area contributed by atoms with Crippen molar-refractivity contribution in [3.05, 3.63) is 69.5 Å². The van der Waals surface area contributed by atoms with E-state index in [-0.39, 0.29) is 17.6 Å². The van der Waals surface area contributed by atoms with E-state index in [0.717, 1.165) is 62.3 Å². The van der Waals surface area contributed by atoms with Gasteiger partial charge in [0.2, 0.25) is 10.0 Å². The molecule has 33 heavy (non-hydrogen) atoms. The van der Waals surface area contributed by atoms with Crippen molar-refractivity contribution in [1.82, 2.24) is 9.62 Å². The van der Waals surface area contributed by atoms with Crippen LogP contribution in [0.2, 0.25) is 5.02 Å². The van der Waals surface area contributed by atoms with Gasteiger partial charge in [0, 0.05) is 18.1 Å². The molecule has 2 aliphatic carbocycles. The molecule has 1 saturated carbocycles. The van der Waals surface area contributed by atoms with Crippen molar-refractivity contribution in [1.29, 1.82) is 0 Å². The molecule has 1 saturated heterocycles. The Kier molecular flexibility index (Phi) is 6.81. The minimum Gasteiger partial charge on any atom is -0.303 e. The monoisotopic (exact) mass is 490 g/mol. The van der Waals surface area contributed by atoms with Gasteiger partial charge in [-0.3, -0.25) is 0 Å². The average molecular weight is 491 g/mol. The largest absolute Gasteiger partial charge is 0.303 e. The Hall–Kier alpha value is -1.47. The van der Waals surface area contributed by atoms with Gasteiger partial charge in [0.15, 0.2) is 0 Å². The molecular formula is C26H32ClFN2O2S. The van der Waals surface area contributed by atoms with Crippen LogP contribution in [0.4, 0.5) is 4.39 Å². The fourth-order valence-electron chi connectivity index (χ4n) is 5.48. The van der Waals surface area contributed by atoms with E-state index in [0.29, 0.717) is 23.8 Å². The Labute approximate surface area is 201 Å². The van der Waals surface area contributed by atoms with Crippen molar-refractivity contribution in [2.24, 2.45) is 5.92 Å². The second-order valence-corrected chi connectivity index (χ2v) is 12.4. The normalized spacial score (nSPS) is 23.2. The highest BCUT2D eigenvalue weighted by Gasteiger charge is 2.36. The fraction of sp³-hybridized carbons (Fsp3) is 0.538. The van der Waals surface area contributed by atoms with Gasteiger partial charge in [0.25, 0.3) is 0 Å². The van der Waals surface area contributed by atoms with Gasteiger partial charge in [0.05, 0.1) is 5.25 Å². The first-order chi connectivity index (χ1) is 15.9. The summed E-state index contributed by atoms with van der Waals surface area (Å²) in [4.78, 5) is 2.49. The lowest BCUT2D eigenvalue weighted by atomic mass is 9.85. The van der Waals surface area contributed by atoms with E-state index in [2.05, 4.69) is 15.7 Å². The van der Waals surface area contributed by atoms with Crippen molar-refractivity contribution in [3.63, 3.8) is 0 Å². The van der Waals surface area contributed by atoms with E-state index in [9.17, 15) is 12.8 Å². The summed E-state index contributed by atoms with van der Waals surface area (Å²) in [6.45, 7) is 3.58. The molecule has 2 atom stereocenters. The number of rotatable bonds is 9. The van der Waals surface area contributed by atoms with E-state index in [1.165, 1.54) is 17.5 Å². The van der Waals surface area contributed by atoms with Crippen LogP contribution in [0, 0.1) is 11.7 Å². The molecule has 1 heterocycles. The summed E-state index contributed by atoms with van der Waals surface area (Å²) in [5.41, 5.74) is 4.13. The van der Waals surface area contributed by atoms with Crippen molar-refractivity contribution in [3.8, 4) is 0 Å². The zero-order chi connectivity index (χ0) is 23.0. The van der Waals surface area contributed by atoms with Gasteiger partial charge in [-0.25, -0.2) is 17.5 Å². The molecule has 1 aliphatic heterocycles. The molecule has 0 amide bonds. The van der Waals surface area contributed by atoms with Crippen molar-refractivity contribution in [2.45, 2.75) is 56.1 Å². The van der Waals surface area contributed by atoms with Crippen LogP contribution in [-0.2, 0) is 29.3 Å². The first-order valence-corrected chi connectivity index (χ1v) is 14.1. The molecule has 0 spiro atoms. The molecule has 0 radical (unpaired) electrons. The Morgan fingerprint density at radius 1 is 1.12 bits per heavy atom. The summed E-state index contributed by atoms with van der Waals surface area (Å²) in [6, 6.07) is 11.7. The summed E-state index contributed by atoms with van der Waals surface area (Å²) >= 11 is 6.25. The number of hydrogen-bond donors (Lipinski definition) is 1. The fourth-order valence-corrected chi connectivity index (χ4v) is 7.27. The van der Waals surface area contributed by atoms with Gasteiger partial charge in [-0.15, -0.1) is 0 Å². The second-order valence-electron chi connectivity index (χ2n) is 9.94. The summed E-state index contributed by atoms with van der Waals surface area (Å²) in [5, 5.41) is 0.468. The number of benzene rings is 2. The molecule has 3 aliphatic rings. The third-order valence-corrected chi connectivity index (χ3v) is 9.92. The number of sulfonamides is 1. The van der Waals surface area contributed by atoms with Gasteiger partial charge in [-0.2, -0.15) is 0 Å². The van der Waals surface area contributed by atoms with Crippen LogP contribution in [0.5, 0.6) is 0 Å². The number of nitrogens with one attached hydrogen (secondary N) is 1. The zero-order valence-electron chi connectivity index (χ0n) is 18.9. The van der Waals surface area contributed by atoms with Gasteiger partial charge in [0.1, 0.15) is 5.82 Å². The Bertz CT molecular complexity index is 1120. The minimum atomic E-state index is -3.28. The van der Waals surface area contributed by atoms with Gasteiger partial charge in [-0.05, 0) is 104 Å². The van der Waals surface area contributed by atoms with Crippen molar-refractivity contribution in [2.75, 3.05) is 26.2 Å². The number of nitrogens with zero attached hydrogens (tertiary/aromatic N) is 1. The standard InChI is InChI=1S/C26H32ClFN2O2S/c27-22-5-1-4-18(12-22)13-24-21(17-30-10-3-11-30)14-20-16-26(28)19(15-25(20)24)8-9-29-33(31,32)23-6-2-7-23/h1,4-5,12,15-16,21,23-24,29H,2-3,6-11,13-14,17H2. The minimum absolute atomic E-state index is 0.220. The molecule has 178 valence electrons. The van der Waals surface area contributed by atoms with E-state index >= 15 is 0 Å². The number of likely N-dealkylation sites (tertiary alicyclic amines) is 1. The zero-order valence-corrected chi connectivity index (χ0v) is 20.5. The van der Waals surface area contributed by atoms with Crippen LogP contribution in [0.1, 0.15) is 53.9 Å². The third-order valence-electron chi connectivity index (χ3n) is 7.73. The molecule has 7 heteroatoms. The SMILES string of the molecule is O=S(=O)(NCCc1cc2c(cc1F)CC(CN1CCC1)C2Cc1cccc(Cl)c1)C1CCC1. The molecule has 2 unspecified atom stereocenters. The highest BCUT2D eigenvalue weighted by molar-refractivity contribution is 7.90. The maximum Gasteiger partial charge on any atom is 0.214 e. The molecule has 4 nitrogen and oxygen atoms in total. The lowest BCUT2D eigenvalue weighted by molar-refractivity contribution is 0.145. The summed E-state index contributed by atoms with van der Waals surface area (Å²) < 4.78 is 42.3. The number of hydrogen-bond acceptors (Lipinski definition) is 3. The number of halogens is 2. The number of fused-ring (bicyclic) bond motifs is 1. The van der Waals surface area contributed by atoms with Gasteiger partial charge in [-0.1, -0.05) is 36.2 Å². The molecule has 2 aromatic carbocycles. The molecule has 2 fully saturated rings. The lowest BCUT2D eigenvalue weighted by Gasteiger charge is -2.35. The molecular weight excluding hydrogens is 459 g/mol. The van der Waals surface area contributed by atoms with E-state index in [1.54, 1.807) is 6.07 Å². The van der Waals surface area contributed by atoms with Crippen molar-refractivity contribution < 1.29 is 12.8 Å². The summed E-state index contributed by atoms with van der Waals surface area (Å²) in [5.74, 6) is 0.541. The molecule has 0 bridgehead atoms. The summed E-state index contributed by atoms with van der Waals surface area (Å²) in [7, 11) is -3.28. The Morgan fingerprint density at radius 2 is 1.94 bits per heavy atom. The van der Waals surface area contributed by atoms with Crippen LogP contribution in [0.3, 0.4) is 0 Å². The Balaban J connectivity index is 1.34. The highest BCUT2D eigenvalue weighted by atomic mass is 35.5. The first-order valence-electron chi connectivity index (χ1n) is 12.2. The maximum atomic E-state index is 15.0. The summed E-state index contributed by atoms with van der Waals surface area (Å²) in [6.07, 6.45) is 5.82. The topological polar surface area (TPSA) is 49.4 Å². The molecule has 1 N–H and O–H groups in total. The van der Waals surface area contributed by atoms with E-state index < -0.39 is 10.0 Å². The highest BCUT2D eigenvalue weighted by Crippen LogP contribution is 2.42. The molecule has 5 rings (SSSR count). The van der Waals surface area contributed by atoms with E-state index in [4.69, 9.17) is 11.6 Å². The van der Waals surface area contributed by atoms with Crippen molar-refractivity contribution >= 4 is 21.6 Å². The molecule has 2 aromatic rings. The van der Waals surface area contributed by atoms with Crippen LogP contribution >= 0.6 is 11.6 Å². The van der Waals surface area contributed by atoms with Crippen LogP contribution in [-0.4, -0.2) is 44.7 Å². The van der Waals surface area contributed by atoms with E-state index in [1.807, 2.05) is 24.3 Å². The third kappa shape index (κ3) is 5.14. The lowest BCUT2D eigenvalue weighted by Crippen LogP contribution is -2.41. The quantitative estimate of drug-likeness (QED) is 0.554. The maximum absolute atomic E-state index is 15.0. The predicted molar refractivity (Wildman–Crippen MR) is 131 cm³/mol. The average Bonchev–Trinajstić information content (AvgIpc) is 2.99. The smallest absolute Gasteiger partial charge is 0.214 e. The Morgan fingerprint density at radius 3 is 2.61 bits per heavy atom. The van der Waals surface area contributed by atoms with Gasteiger partial charge < -0.3 is 4.90 Å². The van der Waals surface area contributed by atoms with Crippen LogP contribution in [0.15, 0.2) is 36.4 Å².